The van der Waals surface area contributed by atoms with Gasteiger partial charge in [0.25, 0.3) is 0 Å². The molecule has 2 atom stereocenters. The highest BCUT2D eigenvalue weighted by atomic mass is 16.5. The van der Waals surface area contributed by atoms with Crippen LogP contribution >= 0.6 is 0 Å². The second-order valence-electron chi connectivity index (χ2n) is 7.74. The third-order valence-corrected chi connectivity index (χ3v) is 4.32. The minimum atomic E-state index is -0.886. The molecule has 6 nitrogen and oxygen atoms in total. The van der Waals surface area contributed by atoms with Gasteiger partial charge in [0.1, 0.15) is 6.61 Å². The Balaban J connectivity index is 2.09. The van der Waals surface area contributed by atoms with Crippen LogP contribution in [0, 0.1) is 5.92 Å². The first kappa shape index (κ1) is 19.1. The van der Waals surface area contributed by atoms with Crippen molar-refractivity contribution in [2.45, 2.75) is 58.7 Å². The number of carbonyl (C=O) groups excluding carboxylic acids is 1. The van der Waals surface area contributed by atoms with E-state index in [9.17, 15) is 14.7 Å². The van der Waals surface area contributed by atoms with Gasteiger partial charge in [-0.25, -0.2) is 9.59 Å². The van der Waals surface area contributed by atoms with E-state index in [2.05, 4.69) is 12.2 Å². The maximum atomic E-state index is 11.8. The molecule has 2 N–H and O–H groups in total. The molecule has 2 rings (SSSR count). The Kier molecular flexibility index (Phi) is 5.93. The fraction of sp³-hybridized carbons (Fsp3) is 0.579. The van der Waals surface area contributed by atoms with Gasteiger partial charge in [0.15, 0.2) is 0 Å². The van der Waals surface area contributed by atoms with Crippen LogP contribution in [0.5, 0.6) is 0 Å². The molecule has 2 amide bonds. The van der Waals surface area contributed by atoms with Crippen LogP contribution in [0.25, 0.3) is 0 Å². The Morgan fingerprint density at radius 3 is 2.72 bits per heavy atom. The highest BCUT2D eigenvalue weighted by Gasteiger charge is 2.33. The number of benzene rings is 1. The minimum absolute atomic E-state index is 0.157. The number of hydrogen-bond acceptors (Lipinski definition) is 3. The SMILES string of the molecule is CC1CCCN(C(=O)O)C1c1cccc(COC(=O)NC(C)(C)C)c1. The summed E-state index contributed by atoms with van der Waals surface area (Å²) in [5.41, 5.74) is 1.45. The van der Waals surface area contributed by atoms with Crippen LogP contribution in [-0.2, 0) is 11.3 Å². The van der Waals surface area contributed by atoms with Gasteiger partial charge in [-0.3, -0.25) is 0 Å². The summed E-state index contributed by atoms with van der Waals surface area (Å²) in [6, 6.07) is 7.49. The molecule has 0 spiro atoms. The number of likely N-dealkylation sites (tertiary alicyclic amines) is 1. The van der Waals surface area contributed by atoms with Crippen LogP contribution in [0.4, 0.5) is 9.59 Å². The third kappa shape index (κ3) is 5.37. The van der Waals surface area contributed by atoms with E-state index in [0.717, 1.165) is 24.0 Å². The molecular formula is C19H28N2O4. The van der Waals surface area contributed by atoms with Gasteiger partial charge in [-0.15, -0.1) is 0 Å². The van der Waals surface area contributed by atoms with Crippen molar-refractivity contribution < 1.29 is 19.4 Å². The number of hydrogen-bond donors (Lipinski definition) is 2. The van der Waals surface area contributed by atoms with Crippen molar-refractivity contribution in [2.75, 3.05) is 6.54 Å². The molecule has 1 aliphatic heterocycles. The first-order valence-electron chi connectivity index (χ1n) is 8.71. The molecule has 1 heterocycles. The molecule has 6 heteroatoms. The van der Waals surface area contributed by atoms with Crippen LogP contribution in [0.2, 0.25) is 0 Å². The molecule has 0 aliphatic carbocycles. The van der Waals surface area contributed by atoms with Gasteiger partial charge in [-0.1, -0.05) is 31.2 Å². The molecule has 1 aromatic rings. The second kappa shape index (κ2) is 7.76. The number of rotatable bonds is 3. The van der Waals surface area contributed by atoms with E-state index < -0.39 is 12.2 Å². The summed E-state index contributed by atoms with van der Waals surface area (Å²) in [7, 11) is 0. The Morgan fingerprint density at radius 2 is 2.08 bits per heavy atom. The number of alkyl carbamates (subject to hydrolysis) is 1. The zero-order chi connectivity index (χ0) is 18.6. The normalized spacial score (nSPS) is 20.9. The van der Waals surface area contributed by atoms with Crippen molar-refractivity contribution in [3.63, 3.8) is 0 Å². The minimum Gasteiger partial charge on any atom is -0.465 e. The number of carboxylic acid groups (broad SMARTS) is 1. The van der Waals surface area contributed by atoms with E-state index >= 15 is 0 Å². The Morgan fingerprint density at radius 1 is 1.36 bits per heavy atom. The summed E-state index contributed by atoms with van der Waals surface area (Å²) in [5.74, 6) is 0.255. The first-order valence-corrected chi connectivity index (χ1v) is 8.71. The van der Waals surface area contributed by atoms with E-state index in [1.54, 1.807) is 0 Å². The van der Waals surface area contributed by atoms with Crippen molar-refractivity contribution in [1.29, 1.82) is 0 Å². The average molecular weight is 348 g/mol. The standard InChI is InChI=1S/C19H28N2O4/c1-13-7-6-10-21(18(23)24)16(13)15-9-5-8-14(11-15)12-25-17(22)20-19(2,3)4/h5,8-9,11,13,16H,6-7,10,12H2,1-4H3,(H,20,22)(H,23,24). The number of amides is 2. The molecule has 0 aromatic heterocycles. The van der Waals surface area contributed by atoms with Gasteiger partial charge in [-0.2, -0.15) is 0 Å². The molecule has 25 heavy (non-hydrogen) atoms. The fourth-order valence-corrected chi connectivity index (χ4v) is 3.27. The summed E-state index contributed by atoms with van der Waals surface area (Å²) in [6.45, 7) is 8.46. The lowest BCUT2D eigenvalue weighted by Gasteiger charge is -2.38. The van der Waals surface area contributed by atoms with Gasteiger partial charge in [0.05, 0.1) is 6.04 Å². The summed E-state index contributed by atoms with van der Waals surface area (Å²) >= 11 is 0. The van der Waals surface area contributed by atoms with E-state index in [4.69, 9.17) is 4.74 Å². The number of nitrogens with zero attached hydrogens (tertiary/aromatic N) is 1. The van der Waals surface area contributed by atoms with E-state index in [0.29, 0.717) is 6.54 Å². The molecule has 1 aromatic carbocycles. The van der Waals surface area contributed by atoms with Crippen LogP contribution in [0.1, 0.15) is 57.7 Å². The summed E-state index contributed by atoms with van der Waals surface area (Å²) in [4.78, 5) is 24.9. The lowest BCUT2D eigenvalue weighted by Crippen LogP contribution is -2.41. The van der Waals surface area contributed by atoms with Gasteiger partial charge in [0, 0.05) is 12.1 Å². The van der Waals surface area contributed by atoms with E-state index in [1.165, 1.54) is 4.90 Å². The van der Waals surface area contributed by atoms with E-state index in [-0.39, 0.29) is 24.1 Å². The Bertz CT molecular complexity index is 624. The maximum absolute atomic E-state index is 11.8. The molecule has 1 aliphatic rings. The monoisotopic (exact) mass is 348 g/mol. The topological polar surface area (TPSA) is 78.9 Å². The number of nitrogens with one attached hydrogen (secondary N) is 1. The Labute approximate surface area is 149 Å². The van der Waals surface area contributed by atoms with Crippen molar-refractivity contribution >= 4 is 12.2 Å². The van der Waals surface area contributed by atoms with Crippen LogP contribution < -0.4 is 5.32 Å². The van der Waals surface area contributed by atoms with Crippen LogP contribution in [-0.4, -0.2) is 34.3 Å². The quantitative estimate of drug-likeness (QED) is 0.859. The largest absolute Gasteiger partial charge is 0.465 e. The molecule has 0 radical (unpaired) electrons. The molecule has 1 saturated heterocycles. The van der Waals surface area contributed by atoms with Crippen molar-refractivity contribution in [3.05, 3.63) is 35.4 Å². The van der Waals surface area contributed by atoms with Crippen molar-refractivity contribution in [1.82, 2.24) is 10.2 Å². The summed E-state index contributed by atoms with van der Waals surface area (Å²) in [6.07, 6.45) is 0.543. The number of ether oxygens (including phenoxy) is 1. The molecule has 0 saturated carbocycles. The van der Waals surface area contributed by atoms with Crippen LogP contribution in [0.15, 0.2) is 24.3 Å². The molecule has 1 fully saturated rings. The lowest BCUT2D eigenvalue weighted by atomic mass is 9.86. The van der Waals surface area contributed by atoms with Crippen molar-refractivity contribution in [3.8, 4) is 0 Å². The van der Waals surface area contributed by atoms with Gasteiger partial charge in [-0.05, 0) is 50.7 Å². The first-order chi connectivity index (χ1) is 11.7. The van der Waals surface area contributed by atoms with Gasteiger partial charge >= 0.3 is 12.2 Å². The van der Waals surface area contributed by atoms with Gasteiger partial charge < -0.3 is 20.1 Å². The maximum Gasteiger partial charge on any atom is 0.407 e. The molecule has 2 unspecified atom stereocenters. The number of piperidine rings is 1. The zero-order valence-electron chi connectivity index (χ0n) is 15.4. The second-order valence-corrected chi connectivity index (χ2v) is 7.74. The predicted octanol–water partition coefficient (Wildman–Crippen LogP) is 4.16. The zero-order valence-corrected chi connectivity index (χ0v) is 15.4. The Hall–Kier alpha value is -2.24. The van der Waals surface area contributed by atoms with E-state index in [1.807, 2.05) is 45.0 Å². The smallest absolute Gasteiger partial charge is 0.407 e. The van der Waals surface area contributed by atoms with Crippen LogP contribution in [0.3, 0.4) is 0 Å². The predicted molar refractivity (Wildman–Crippen MR) is 95.4 cm³/mol. The van der Waals surface area contributed by atoms with Gasteiger partial charge in [0.2, 0.25) is 0 Å². The summed E-state index contributed by atoms with van der Waals surface area (Å²) in [5, 5.41) is 12.2. The number of carbonyl (C=O) groups is 2. The molecule has 0 bridgehead atoms. The summed E-state index contributed by atoms with van der Waals surface area (Å²) < 4.78 is 5.27. The van der Waals surface area contributed by atoms with Crippen molar-refractivity contribution in [2.24, 2.45) is 5.92 Å². The third-order valence-electron chi connectivity index (χ3n) is 4.32. The fourth-order valence-electron chi connectivity index (χ4n) is 3.27. The molecule has 138 valence electrons. The highest BCUT2D eigenvalue weighted by molar-refractivity contribution is 5.68. The molecular weight excluding hydrogens is 320 g/mol. The highest BCUT2D eigenvalue weighted by Crippen LogP contribution is 2.36. The lowest BCUT2D eigenvalue weighted by molar-refractivity contribution is 0.0829. The average Bonchev–Trinajstić information content (AvgIpc) is 2.51.